The molecule has 1 aromatic carbocycles. The molecule has 0 radical (unpaired) electrons. The predicted molar refractivity (Wildman–Crippen MR) is 113 cm³/mol. The number of likely N-dealkylation sites (N-methyl/N-ethyl adjacent to an activating group) is 1. The van der Waals surface area contributed by atoms with Gasteiger partial charge in [0.05, 0.1) is 0 Å². The summed E-state index contributed by atoms with van der Waals surface area (Å²) in [6.07, 6.45) is -0.454. The van der Waals surface area contributed by atoms with E-state index in [9.17, 15) is 9.59 Å². The standard InChI is InChI=1S/C20H28ClN3O3S/c1-20(2,3)27-19(26)24-16(17(25)23-11-9-22(4)10-12-23)13-28-18(24)14-5-7-15(21)8-6-14/h5-8,16,18H,9-13H2,1-4H3/t16-,18-/m1/s1. The zero-order valence-corrected chi connectivity index (χ0v) is 18.4. The lowest BCUT2D eigenvalue weighted by atomic mass is 10.1. The Balaban J connectivity index is 1.84. The summed E-state index contributed by atoms with van der Waals surface area (Å²) in [5.41, 5.74) is 0.310. The minimum Gasteiger partial charge on any atom is -0.444 e. The number of halogens is 1. The van der Waals surface area contributed by atoms with E-state index in [4.69, 9.17) is 16.3 Å². The summed E-state index contributed by atoms with van der Waals surface area (Å²) in [4.78, 5) is 32.0. The normalized spacial score (nSPS) is 23.8. The van der Waals surface area contributed by atoms with E-state index < -0.39 is 17.7 Å². The van der Waals surface area contributed by atoms with Crippen LogP contribution in [0, 0.1) is 0 Å². The molecule has 0 N–H and O–H groups in total. The molecule has 0 bridgehead atoms. The number of carbonyl (C=O) groups excluding carboxylic acids is 2. The summed E-state index contributed by atoms with van der Waals surface area (Å²) in [6.45, 7) is 8.57. The van der Waals surface area contributed by atoms with Crippen molar-refractivity contribution >= 4 is 35.4 Å². The molecular weight excluding hydrogens is 398 g/mol. The number of nitrogens with zero attached hydrogens (tertiary/aromatic N) is 3. The molecule has 2 saturated heterocycles. The number of rotatable bonds is 2. The van der Waals surface area contributed by atoms with Crippen LogP contribution in [0.15, 0.2) is 24.3 Å². The van der Waals surface area contributed by atoms with E-state index >= 15 is 0 Å². The maximum Gasteiger partial charge on any atom is 0.412 e. The molecular formula is C20H28ClN3O3S. The van der Waals surface area contributed by atoms with Crippen molar-refractivity contribution in [3.8, 4) is 0 Å². The fourth-order valence-corrected chi connectivity index (χ4v) is 4.89. The van der Waals surface area contributed by atoms with Gasteiger partial charge in [-0.05, 0) is 45.5 Å². The lowest BCUT2D eigenvalue weighted by molar-refractivity contribution is -0.137. The van der Waals surface area contributed by atoms with Gasteiger partial charge in [-0.15, -0.1) is 11.8 Å². The fourth-order valence-electron chi connectivity index (χ4n) is 3.36. The molecule has 154 valence electrons. The van der Waals surface area contributed by atoms with Gasteiger partial charge in [-0.1, -0.05) is 23.7 Å². The van der Waals surface area contributed by atoms with E-state index in [-0.39, 0.29) is 11.3 Å². The van der Waals surface area contributed by atoms with E-state index in [1.165, 1.54) is 0 Å². The van der Waals surface area contributed by atoms with Crippen LogP contribution in [-0.4, -0.2) is 77.3 Å². The molecule has 0 spiro atoms. The molecule has 0 aromatic heterocycles. The lowest BCUT2D eigenvalue weighted by Crippen LogP contribution is -2.55. The number of thioether (sulfide) groups is 1. The Bertz CT molecular complexity index is 714. The number of benzene rings is 1. The minimum atomic E-state index is -0.629. The van der Waals surface area contributed by atoms with E-state index in [0.717, 1.165) is 18.7 Å². The van der Waals surface area contributed by atoms with Gasteiger partial charge in [-0.3, -0.25) is 9.69 Å². The molecule has 3 rings (SSSR count). The third kappa shape index (κ3) is 4.93. The molecule has 8 heteroatoms. The zero-order chi connectivity index (χ0) is 20.5. The highest BCUT2D eigenvalue weighted by atomic mass is 35.5. The maximum absolute atomic E-state index is 13.2. The Hall–Kier alpha value is -1.44. The van der Waals surface area contributed by atoms with E-state index in [1.54, 1.807) is 28.8 Å². The number of hydrogen-bond acceptors (Lipinski definition) is 5. The highest BCUT2D eigenvalue weighted by Crippen LogP contribution is 2.43. The highest BCUT2D eigenvalue weighted by Gasteiger charge is 2.45. The van der Waals surface area contributed by atoms with Crippen molar-refractivity contribution in [2.24, 2.45) is 0 Å². The monoisotopic (exact) mass is 425 g/mol. The summed E-state index contributed by atoms with van der Waals surface area (Å²) in [6, 6.07) is 6.89. The lowest BCUT2D eigenvalue weighted by Gasteiger charge is -2.37. The van der Waals surface area contributed by atoms with Gasteiger partial charge in [0.15, 0.2) is 0 Å². The van der Waals surface area contributed by atoms with Crippen LogP contribution in [0.3, 0.4) is 0 Å². The quantitative estimate of drug-likeness (QED) is 0.726. The first-order valence-electron chi connectivity index (χ1n) is 9.51. The average molecular weight is 426 g/mol. The van der Waals surface area contributed by atoms with E-state index in [1.807, 2.05) is 37.8 Å². The summed E-state index contributed by atoms with van der Waals surface area (Å²) < 4.78 is 5.65. The Kier molecular flexibility index (Phi) is 6.47. The van der Waals surface area contributed by atoms with Crippen LogP contribution >= 0.6 is 23.4 Å². The molecule has 0 aliphatic carbocycles. The average Bonchev–Trinajstić information content (AvgIpc) is 3.06. The maximum atomic E-state index is 13.2. The number of piperazine rings is 1. The topological polar surface area (TPSA) is 53.1 Å². The number of ether oxygens (including phenoxy) is 1. The smallest absolute Gasteiger partial charge is 0.412 e. The van der Waals surface area contributed by atoms with Gasteiger partial charge in [-0.25, -0.2) is 4.79 Å². The van der Waals surface area contributed by atoms with Gasteiger partial charge in [0, 0.05) is 37.0 Å². The first-order valence-corrected chi connectivity index (χ1v) is 10.9. The van der Waals surface area contributed by atoms with Crippen molar-refractivity contribution in [2.45, 2.75) is 37.8 Å². The van der Waals surface area contributed by atoms with Crippen molar-refractivity contribution in [3.63, 3.8) is 0 Å². The molecule has 2 aliphatic rings. The molecule has 28 heavy (non-hydrogen) atoms. The number of hydrogen-bond donors (Lipinski definition) is 0. The largest absolute Gasteiger partial charge is 0.444 e. The van der Waals surface area contributed by atoms with Crippen LogP contribution in [0.1, 0.15) is 31.7 Å². The molecule has 2 fully saturated rings. The Labute approximate surface area is 176 Å². The first-order chi connectivity index (χ1) is 13.2. The summed E-state index contributed by atoms with van der Waals surface area (Å²) >= 11 is 7.61. The second-order valence-corrected chi connectivity index (χ2v) is 9.82. The third-order valence-corrected chi connectivity index (χ3v) is 6.44. The van der Waals surface area contributed by atoms with Gasteiger partial charge < -0.3 is 14.5 Å². The minimum absolute atomic E-state index is 0.00271. The Morgan fingerprint density at radius 1 is 1.11 bits per heavy atom. The summed E-state index contributed by atoms with van der Waals surface area (Å²) in [7, 11) is 2.05. The van der Waals surface area contributed by atoms with E-state index in [2.05, 4.69) is 11.9 Å². The second-order valence-electron chi connectivity index (χ2n) is 8.27. The molecule has 0 unspecified atom stereocenters. The molecule has 2 heterocycles. The molecule has 1 aromatic rings. The van der Waals surface area contributed by atoms with Crippen LogP contribution in [-0.2, 0) is 9.53 Å². The number of amides is 2. The Morgan fingerprint density at radius 2 is 1.71 bits per heavy atom. The third-order valence-electron chi connectivity index (χ3n) is 4.86. The van der Waals surface area contributed by atoms with Crippen molar-refractivity contribution in [3.05, 3.63) is 34.9 Å². The summed E-state index contributed by atoms with van der Waals surface area (Å²) in [5.74, 6) is 0.556. The number of carbonyl (C=O) groups is 2. The van der Waals surface area contributed by atoms with Crippen molar-refractivity contribution in [1.82, 2.24) is 14.7 Å². The van der Waals surface area contributed by atoms with Crippen LogP contribution in [0.2, 0.25) is 5.02 Å². The van der Waals surface area contributed by atoms with Crippen LogP contribution in [0.5, 0.6) is 0 Å². The molecule has 2 amide bonds. The SMILES string of the molecule is CN1CCN(C(=O)[C@H]2CS[C@H](c3ccc(Cl)cc3)N2C(=O)OC(C)(C)C)CC1. The van der Waals surface area contributed by atoms with Crippen LogP contribution in [0.25, 0.3) is 0 Å². The second kappa shape index (κ2) is 8.51. The van der Waals surface area contributed by atoms with Gasteiger partial charge in [0.25, 0.3) is 0 Å². The molecule has 0 saturated carbocycles. The van der Waals surface area contributed by atoms with Crippen LogP contribution in [0.4, 0.5) is 4.79 Å². The van der Waals surface area contributed by atoms with Gasteiger partial charge >= 0.3 is 6.09 Å². The zero-order valence-electron chi connectivity index (χ0n) is 16.9. The Morgan fingerprint density at radius 3 is 2.29 bits per heavy atom. The molecule has 2 atom stereocenters. The van der Waals surface area contributed by atoms with E-state index in [0.29, 0.717) is 23.9 Å². The first kappa shape index (κ1) is 21.3. The highest BCUT2D eigenvalue weighted by molar-refractivity contribution is 7.99. The van der Waals surface area contributed by atoms with Crippen molar-refractivity contribution in [2.75, 3.05) is 39.0 Å². The van der Waals surface area contributed by atoms with Crippen molar-refractivity contribution < 1.29 is 14.3 Å². The predicted octanol–water partition coefficient (Wildman–Crippen LogP) is 3.47. The molecule has 2 aliphatic heterocycles. The van der Waals surface area contributed by atoms with Gasteiger partial charge in [-0.2, -0.15) is 0 Å². The summed E-state index contributed by atoms with van der Waals surface area (Å²) in [5, 5.41) is 0.370. The van der Waals surface area contributed by atoms with Gasteiger partial charge in [0.1, 0.15) is 17.0 Å². The van der Waals surface area contributed by atoms with Crippen LogP contribution < -0.4 is 0 Å². The van der Waals surface area contributed by atoms with Gasteiger partial charge in [0.2, 0.25) is 5.91 Å². The fraction of sp³-hybridized carbons (Fsp3) is 0.600. The molecule has 6 nitrogen and oxygen atoms in total. The van der Waals surface area contributed by atoms with Crippen molar-refractivity contribution in [1.29, 1.82) is 0 Å².